The SMILES string of the molecule is CCCNc1ncnc2c1cnn2CCNC(=O)c1cccc(F)c1. The molecule has 2 aromatic heterocycles. The highest BCUT2D eigenvalue weighted by Gasteiger charge is 2.10. The van der Waals surface area contributed by atoms with Crippen LogP contribution < -0.4 is 10.6 Å². The summed E-state index contributed by atoms with van der Waals surface area (Å²) in [6, 6.07) is 5.59. The molecule has 25 heavy (non-hydrogen) atoms. The van der Waals surface area contributed by atoms with Gasteiger partial charge < -0.3 is 10.6 Å². The number of anilines is 1. The summed E-state index contributed by atoms with van der Waals surface area (Å²) in [4.78, 5) is 20.5. The number of amides is 1. The number of benzene rings is 1. The first-order chi connectivity index (χ1) is 12.2. The van der Waals surface area contributed by atoms with Crippen molar-refractivity contribution in [1.29, 1.82) is 0 Å². The lowest BCUT2D eigenvalue weighted by atomic mass is 10.2. The van der Waals surface area contributed by atoms with Crippen LogP contribution in [0.5, 0.6) is 0 Å². The zero-order valence-electron chi connectivity index (χ0n) is 13.9. The summed E-state index contributed by atoms with van der Waals surface area (Å²) in [7, 11) is 0. The second kappa shape index (κ2) is 7.69. The van der Waals surface area contributed by atoms with Crippen LogP contribution in [0.25, 0.3) is 11.0 Å². The third kappa shape index (κ3) is 3.90. The van der Waals surface area contributed by atoms with E-state index in [0.29, 0.717) is 24.3 Å². The average Bonchev–Trinajstić information content (AvgIpc) is 3.03. The third-order valence-electron chi connectivity index (χ3n) is 3.67. The van der Waals surface area contributed by atoms with Gasteiger partial charge >= 0.3 is 0 Å². The molecule has 0 atom stereocenters. The maximum atomic E-state index is 13.2. The Labute approximate surface area is 144 Å². The number of nitrogens with zero attached hydrogens (tertiary/aromatic N) is 4. The van der Waals surface area contributed by atoms with Crippen LogP contribution in [0.3, 0.4) is 0 Å². The van der Waals surface area contributed by atoms with Crippen molar-refractivity contribution < 1.29 is 9.18 Å². The van der Waals surface area contributed by atoms with Gasteiger partial charge in [-0.1, -0.05) is 13.0 Å². The maximum Gasteiger partial charge on any atom is 0.251 e. The van der Waals surface area contributed by atoms with Gasteiger partial charge in [-0.15, -0.1) is 0 Å². The molecule has 2 N–H and O–H groups in total. The van der Waals surface area contributed by atoms with Crippen LogP contribution in [-0.2, 0) is 6.54 Å². The van der Waals surface area contributed by atoms with E-state index in [1.807, 2.05) is 0 Å². The topological polar surface area (TPSA) is 84.7 Å². The van der Waals surface area contributed by atoms with Crippen molar-refractivity contribution in [2.24, 2.45) is 0 Å². The highest BCUT2D eigenvalue weighted by Crippen LogP contribution is 2.18. The van der Waals surface area contributed by atoms with E-state index in [9.17, 15) is 9.18 Å². The molecule has 3 aromatic rings. The fraction of sp³-hybridized carbons (Fsp3) is 0.294. The molecule has 0 spiro atoms. The van der Waals surface area contributed by atoms with E-state index in [0.717, 1.165) is 24.2 Å². The predicted molar refractivity (Wildman–Crippen MR) is 92.8 cm³/mol. The molecule has 2 heterocycles. The Morgan fingerprint density at radius 3 is 2.96 bits per heavy atom. The number of rotatable bonds is 7. The molecule has 0 aliphatic rings. The molecule has 0 aliphatic carbocycles. The van der Waals surface area contributed by atoms with E-state index >= 15 is 0 Å². The second-order valence-electron chi connectivity index (χ2n) is 5.52. The lowest BCUT2D eigenvalue weighted by Crippen LogP contribution is -2.27. The highest BCUT2D eigenvalue weighted by molar-refractivity contribution is 5.94. The van der Waals surface area contributed by atoms with E-state index in [-0.39, 0.29) is 5.91 Å². The van der Waals surface area contributed by atoms with Crippen molar-refractivity contribution in [3.63, 3.8) is 0 Å². The van der Waals surface area contributed by atoms with E-state index in [1.165, 1.54) is 24.5 Å². The van der Waals surface area contributed by atoms with Gasteiger partial charge in [0.15, 0.2) is 5.65 Å². The van der Waals surface area contributed by atoms with E-state index in [1.54, 1.807) is 16.9 Å². The number of nitrogens with one attached hydrogen (secondary N) is 2. The molecular weight excluding hydrogens is 323 g/mol. The Balaban J connectivity index is 1.64. The third-order valence-corrected chi connectivity index (χ3v) is 3.67. The summed E-state index contributed by atoms with van der Waals surface area (Å²) in [6.45, 7) is 3.71. The van der Waals surface area contributed by atoms with Crippen LogP contribution in [0.1, 0.15) is 23.7 Å². The van der Waals surface area contributed by atoms with Crippen LogP contribution in [0.2, 0.25) is 0 Å². The molecule has 7 nitrogen and oxygen atoms in total. The number of carbonyl (C=O) groups excluding carboxylic acids is 1. The normalized spacial score (nSPS) is 10.8. The molecule has 0 radical (unpaired) electrons. The summed E-state index contributed by atoms with van der Waals surface area (Å²) in [6.07, 6.45) is 4.19. The molecule has 8 heteroatoms. The standard InChI is InChI=1S/C17H19FN6O/c1-2-6-19-15-14-10-23-24(16(14)22-11-21-15)8-7-20-17(25)12-4-3-5-13(18)9-12/h3-5,9-11H,2,6-8H2,1H3,(H,20,25)(H,19,21,22). The van der Waals surface area contributed by atoms with Crippen molar-refractivity contribution in [2.45, 2.75) is 19.9 Å². The lowest BCUT2D eigenvalue weighted by molar-refractivity contribution is 0.0951. The summed E-state index contributed by atoms with van der Waals surface area (Å²) in [5, 5.41) is 11.1. The summed E-state index contributed by atoms with van der Waals surface area (Å²) in [5.74, 6) is -0.00712. The van der Waals surface area contributed by atoms with Gasteiger partial charge in [0.2, 0.25) is 0 Å². The average molecular weight is 342 g/mol. The first-order valence-electron chi connectivity index (χ1n) is 8.13. The molecule has 0 saturated carbocycles. The summed E-state index contributed by atoms with van der Waals surface area (Å²) in [5.41, 5.74) is 0.993. The molecule has 0 saturated heterocycles. The minimum absolute atomic E-state index is 0.290. The van der Waals surface area contributed by atoms with Gasteiger partial charge in [-0.2, -0.15) is 5.10 Å². The first kappa shape index (κ1) is 16.8. The molecule has 130 valence electrons. The molecular formula is C17H19FN6O. The molecule has 1 amide bonds. The Hall–Kier alpha value is -3.03. The van der Waals surface area contributed by atoms with Crippen molar-refractivity contribution in [2.75, 3.05) is 18.4 Å². The Morgan fingerprint density at radius 2 is 2.16 bits per heavy atom. The van der Waals surface area contributed by atoms with E-state index in [2.05, 4.69) is 32.6 Å². The van der Waals surface area contributed by atoms with Gasteiger partial charge in [-0.25, -0.2) is 19.0 Å². The van der Waals surface area contributed by atoms with Crippen LogP contribution in [0.15, 0.2) is 36.8 Å². The second-order valence-corrected chi connectivity index (χ2v) is 5.52. The van der Waals surface area contributed by atoms with E-state index in [4.69, 9.17) is 0 Å². The van der Waals surface area contributed by atoms with Crippen LogP contribution in [0, 0.1) is 5.82 Å². The molecule has 0 unspecified atom stereocenters. The van der Waals surface area contributed by atoms with Gasteiger partial charge in [0.05, 0.1) is 18.1 Å². The number of fused-ring (bicyclic) bond motifs is 1. The minimum atomic E-state index is -0.436. The number of halogens is 1. The van der Waals surface area contributed by atoms with Gasteiger partial charge in [0.25, 0.3) is 5.91 Å². The fourth-order valence-corrected chi connectivity index (χ4v) is 2.45. The summed E-state index contributed by atoms with van der Waals surface area (Å²) < 4.78 is 14.9. The molecule has 0 bridgehead atoms. The number of hydrogen-bond donors (Lipinski definition) is 2. The van der Waals surface area contributed by atoms with Crippen LogP contribution >= 0.6 is 0 Å². The highest BCUT2D eigenvalue weighted by atomic mass is 19.1. The quantitative estimate of drug-likeness (QED) is 0.688. The molecule has 0 aliphatic heterocycles. The monoisotopic (exact) mass is 342 g/mol. The molecule has 0 fully saturated rings. The Kier molecular flexibility index (Phi) is 5.17. The van der Waals surface area contributed by atoms with Crippen LogP contribution in [0.4, 0.5) is 10.2 Å². The summed E-state index contributed by atoms with van der Waals surface area (Å²) >= 11 is 0. The smallest absolute Gasteiger partial charge is 0.251 e. The number of aromatic nitrogens is 4. The van der Waals surface area contributed by atoms with Crippen molar-refractivity contribution in [1.82, 2.24) is 25.1 Å². The first-order valence-corrected chi connectivity index (χ1v) is 8.13. The van der Waals surface area contributed by atoms with Gasteiger partial charge in [0, 0.05) is 18.7 Å². The Morgan fingerprint density at radius 1 is 1.28 bits per heavy atom. The van der Waals surface area contributed by atoms with Gasteiger partial charge in [-0.05, 0) is 24.6 Å². The van der Waals surface area contributed by atoms with E-state index < -0.39 is 5.82 Å². The van der Waals surface area contributed by atoms with Gasteiger partial charge in [-0.3, -0.25) is 4.79 Å². The van der Waals surface area contributed by atoms with Crippen molar-refractivity contribution in [3.05, 3.63) is 48.2 Å². The maximum absolute atomic E-state index is 13.2. The lowest BCUT2D eigenvalue weighted by Gasteiger charge is -2.07. The fourth-order valence-electron chi connectivity index (χ4n) is 2.45. The zero-order chi connectivity index (χ0) is 17.6. The number of hydrogen-bond acceptors (Lipinski definition) is 5. The predicted octanol–water partition coefficient (Wildman–Crippen LogP) is 2.22. The Bertz CT molecular complexity index is 878. The van der Waals surface area contributed by atoms with Crippen molar-refractivity contribution in [3.8, 4) is 0 Å². The molecule has 3 rings (SSSR count). The minimum Gasteiger partial charge on any atom is -0.369 e. The largest absolute Gasteiger partial charge is 0.369 e. The number of carbonyl (C=O) groups is 1. The van der Waals surface area contributed by atoms with Crippen LogP contribution in [-0.4, -0.2) is 38.7 Å². The van der Waals surface area contributed by atoms with Crippen molar-refractivity contribution >= 4 is 22.8 Å². The molecule has 1 aromatic carbocycles. The zero-order valence-corrected chi connectivity index (χ0v) is 13.9. The van der Waals surface area contributed by atoms with Gasteiger partial charge in [0.1, 0.15) is 18.0 Å².